The lowest BCUT2D eigenvalue weighted by molar-refractivity contribution is -0.159. The van der Waals surface area contributed by atoms with Gasteiger partial charge in [0.2, 0.25) is 5.91 Å². The van der Waals surface area contributed by atoms with Crippen molar-refractivity contribution in [2.24, 2.45) is 5.41 Å². The first-order chi connectivity index (χ1) is 12.8. The van der Waals surface area contributed by atoms with Crippen LogP contribution in [0.25, 0.3) is 0 Å². The lowest BCUT2D eigenvalue weighted by Gasteiger charge is -2.28. The lowest BCUT2D eigenvalue weighted by Crippen LogP contribution is -2.40. The third-order valence-corrected chi connectivity index (χ3v) is 3.13. The zero-order valence-corrected chi connectivity index (χ0v) is 16.0. The van der Waals surface area contributed by atoms with E-state index >= 15 is 0 Å². The second-order valence-corrected chi connectivity index (χ2v) is 6.89. The van der Waals surface area contributed by atoms with Crippen LogP contribution < -0.4 is 10.6 Å². The molecule has 0 saturated heterocycles. The summed E-state index contributed by atoms with van der Waals surface area (Å²) in [6.45, 7) is 5.47. The summed E-state index contributed by atoms with van der Waals surface area (Å²) in [7, 11) is 3.92. The quantitative estimate of drug-likeness (QED) is 0.398. The summed E-state index contributed by atoms with van der Waals surface area (Å²) in [5.74, 6) is -8.46. The van der Waals surface area contributed by atoms with E-state index in [2.05, 4.69) is 10.6 Å². The third kappa shape index (κ3) is 9.88. The molecule has 0 heterocycles. The molecule has 0 aromatic heterocycles. The number of benzene rings is 1. The van der Waals surface area contributed by atoms with Gasteiger partial charge in [-0.05, 0) is 31.6 Å². The molecule has 8 nitrogen and oxygen atoms in total. The van der Waals surface area contributed by atoms with Crippen molar-refractivity contribution in [3.05, 3.63) is 29.6 Å². The number of hydrogen-bond acceptors (Lipinski definition) is 5. The zero-order chi connectivity index (χ0) is 22.1. The van der Waals surface area contributed by atoms with Gasteiger partial charge in [-0.3, -0.25) is 4.79 Å². The number of amides is 1. The highest BCUT2D eigenvalue weighted by Crippen LogP contribution is 2.19. The SMILES string of the molecule is CN(C)CC(C)(C)CNCC(=O)Nc1ccc(F)c(F)c1F.O=C(O)C(=O)O. The first kappa shape index (κ1) is 25.3. The summed E-state index contributed by atoms with van der Waals surface area (Å²) in [5, 5.41) is 20.0. The van der Waals surface area contributed by atoms with Crippen LogP contribution in [0.2, 0.25) is 0 Å². The Bertz CT molecular complexity index is 700. The minimum absolute atomic E-state index is 0.0446. The standard InChI is InChI=1S/C15H22F3N3O.C2H2O4/c1-15(2,9-21(3)4)8-19-7-12(22)20-11-6-5-10(16)13(17)14(11)18;3-1(4)2(5)6/h5-6,19H,7-9H2,1-4H3,(H,20,22);(H,3,4)(H,5,6). The minimum atomic E-state index is -1.82. The molecule has 0 atom stereocenters. The van der Waals surface area contributed by atoms with Crippen molar-refractivity contribution in [3.63, 3.8) is 0 Å². The summed E-state index contributed by atoms with van der Waals surface area (Å²) in [6.07, 6.45) is 0. The van der Waals surface area contributed by atoms with Gasteiger partial charge in [-0.2, -0.15) is 0 Å². The van der Waals surface area contributed by atoms with E-state index in [1.807, 2.05) is 32.8 Å². The van der Waals surface area contributed by atoms with Crippen molar-refractivity contribution in [2.45, 2.75) is 13.8 Å². The largest absolute Gasteiger partial charge is 0.473 e. The molecule has 1 rings (SSSR count). The van der Waals surface area contributed by atoms with Crippen LogP contribution in [0.1, 0.15) is 13.8 Å². The number of carboxylic acid groups (broad SMARTS) is 2. The van der Waals surface area contributed by atoms with E-state index in [1.54, 1.807) is 0 Å². The molecule has 0 fully saturated rings. The Morgan fingerprint density at radius 3 is 2.04 bits per heavy atom. The molecule has 1 aromatic carbocycles. The topological polar surface area (TPSA) is 119 Å². The number of carbonyl (C=O) groups is 3. The Kier molecular flexibility index (Phi) is 10.2. The first-order valence-corrected chi connectivity index (χ1v) is 8.02. The predicted octanol–water partition coefficient (Wildman–Crippen LogP) is 1.38. The number of halogens is 3. The molecule has 0 radical (unpaired) electrons. The van der Waals surface area contributed by atoms with E-state index in [-0.39, 0.29) is 17.6 Å². The highest BCUT2D eigenvalue weighted by atomic mass is 19.2. The van der Waals surface area contributed by atoms with Crippen LogP contribution in [0.3, 0.4) is 0 Å². The van der Waals surface area contributed by atoms with E-state index < -0.39 is 35.3 Å². The summed E-state index contributed by atoms with van der Waals surface area (Å²) < 4.78 is 39.3. The highest BCUT2D eigenvalue weighted by Gasteiger charge is 2.19. The molecular formula is C17H24F3N3O5. The molecular weight excluding hydrogens is 383 g/mol. The molecule has 0 saturated carbocycles. The van der Waals surface area contributed by atoms with E-state index in [9.17, 15) is 18.0 Å². The van der Waals surface area contributed by atoms with Gasteiger partial charge in [-0.1, -0.05) is 13.8 Å². The van der Waals surface area contributed by atoms with Crippen LogP contribution in [0.4, 0.5) is 18.9 Å². The molecule has 0 unspecified atom stereocenters. The van der Waals surface area contributed by atoms with Gasteiger partial charge in [0, 0.05) is 13.1 Å². The van der Waals surface area contributed by atoms with E-state index in [0.717, 1.165) is 18.7 Å². The van der Waals surface area contributed by atoms with Crippen LogP contribution >= 0.6 is 0 Å². The molecule has 11 heteroatoms. The maximum absolute atomic E-state index is 13.4. The fraction of sp³-hybridized carbons (Fsp3) is 0.471. The number of anilines is 1. The van der Waals surface area contributed by atoms with Gasteiger partial charge in [-0.25, -0.2) is 22.8 Å². The maximum atomic E-state index is 13.4. The molecule has 1 aromatic rings. The molecule has 0 aliphatic rings. The van der Waals surface area contributed by atoms with Crippen molar-refractivity contribution in [1.29, 1.82) is 0 Å². The molecule has 0 aliphatic carbocycles. The number of rotatable bonds is 7. The maximum Gasteiger partial charge on any atom is 0.414 e. The monoisotopic (exact) mass is 407 g/mol. The van der Waals surface area contributed by atoms with E-state index in [4.69, 9.17) is 19.8 Å². The molecule has 0 aliphatic heterocycles. The molecule has 4 N–H and O–H groups in total. The van der Waals surface area contributed by atoms with E-state index in [0.29, 0.717) is 6.54 Å². The normalized spacial score (nSPS) is 10.9. The van der Waals surface area contributed by atoms with Gasteiger partial charge < -0.3 is 25.7 Å². The average Bonchev–Trinajstić information content (AvgIpc) is 2.54. The zero-order valence-electron chi connectivity index (χ0n) is 16.0. The van der Waals surface area contributed by atoms with Crippen molar-refractivity contribution in [3.8, 4) is 0 Å². The summed E-state index contributed by atoms with van der Waals surface area (Å²) in [6, 6.07) is 1.75. The molecule has 0 bridgehead atoms. The third-order valence-electron chi connectivity index (χ3n) is 3.13. The molecule has 158 valence electrons. The number of nitrogens with zero attached hydrogens (tertiary/aromatic N) is 1. The number of carboxylic acids is 2. The van der Waals surface area contributed by atoms with Crippen molar-refractivity contribution in [2.75, 3.05) is 39.0 Å². The fourth-order valence-corrected chi connectivity index (χ4v) is 2.24. The smallest absolute Gasteiger partial charge is 0.414 e. The van der Waals surface area contributed by atoms with Crippen molar-refractivity contribution < 1.29 is 37.8 Å². The second kappa shape index (κ2) is 11.2. The van der Waals surface area contributed by atoms with Crippen LogP contribution in [0.15, 0.2) is 12.1 Å². The second-order valence-electron chi connectivity index (χ2n) is 6.89. The van der Waals surface area contributed by atoms with Gasteiger partial charge in [0.1, 0.15) is 0 Å². The summed E-state index contributed by atoms with van der Waals surface area (Å²) in [5.41, 5.74) is -0.421. The highest BCUT2D eigenvalue weighted by molar-refractivity contribution is 6.27. The van der Waals surface area contributed by atoms with Gasteiger partial charge in [-0.15, -0.1) is 0 Å². The number of hydrogen-bond donors (Lipinski definition) is 4. The Labute approximate surface area is 160 Å². The molecule has 28 heavy (non-hydrogen) atoms. The fourth-order valence-electron chi connectivity index (χ4n) is 2.24. The van der Waals surface area contributed by atoms with Gasteiger partial charge >= 0.3 is 11.9 Å². The van der Waals surface area contributed by atoms with Crippen molar-refractivity contribution >= 4 is 23.5 Å². The Morgan fingerprint density at radius 1 is 1.04 bits per heavy atom. The van der Waals surface area contributed by atoms with Gasteiger partial charge in [0.15, 0.2) is 17.5 Å². The molecule has 1 amide bonds. The number of carbonyl (C=O) groups excluding carboxylic acids is 1. The Morgan fingerprint density at radius 2 is 1.57 bits per heavy atom. The number of nitrogens with one attached hydrogen (secondary N) is 2. The summed E-state index contributed by atoms with van der Waals surface area (Å²) in [4.78, 5) is 31.9. The number of aliphatic carboxylic acids is 2. The molecule has 0 spiro atoms. The lowest BCUT2D eigenvalue weighted by atomic mass is 9.93. The first-order valence-electron chi connectivity index (χ1n) is 8.02. The van der Waals surface area contributed by atoms with Crippen molar-refractivity contribution in [1.82, 2.24) is 10.2 Å². The Hall–Kier alpha value is -2.66. The van der Waals surface area contributed by atoms with Crippen LogP contribution in [0.5, 0.6) is 0 Å². The van der Waals surface area contributed by atoms with Crippen LogP contribution in [-0.4, -0.2) is 66.7 Å². The van der Waals surface area contributed by atoms with Crippen LogP contribution in [0, 0.1) is 22.9 Å². The minimum Gasteiger partial charge on any atom is -0.473 e. The van der Waals surface area contributed by atoms with Crippen LogP contribution in [-0.2, 0) is 14.4 Å². The van der Waals surface area contributed by atoms with E-state index in [1.165, 1.54) is 0 Å². The van der Waals surface area contributed by atoms with Gasteiger partial charge in [0.25, 0.3) is 0 Å². The van der Waals surface area contributed by atoms with Gasteiger partial charge in [0.05, 0.1) is 12.2 Å². The Balaban J connectivity index is 0.00000105. The summed E-state index contributed by atoms with van der Waals surface area (Å²) >= 11 is 0. The average molecular weight is 407 g/mol. The predicted molar refractivity (Wildman–Crippen MR) is 95.4 cm³/mol.